The quantitative estimate of drug-likeness (QED) is 0.896. The van der Waals surface area contributed by atoms with Crippen LogP contribution in [0.3, 0.4) is 0 Å². The monoisotopic (exact) mass is 272 g/mol. The van der Waals surface area contributed by atoms with E-state index in [9.17, 15) is 9.18 Å². The molecule has 0 radical (unpaired) electrons. The summed E-state index contributed by atoms with van der Waals surface area (Å²) < 4.78 is 13.8. The Kier molecular flexibility index (Phi) is 4.03. The summed E-state index contributed by atoms with van der Waals surface area (Å²) in [6.07, 6.45) is 0. The second-order valence-corrected chi connectivity index (χ2v) is 4.78. The van der Waals surface area contributed by atoms with E-state index in [2.05, 4.69) is 5.32 Å². The average Bonchev–Trinajstić information content (AvgIpc) is 2.41. The molecule has 20 heavy (non-hydrogen) atoms. The molecule has 104 valence electrons. The van der Waals surface area contributed by atoms with Crippen LogP contribution in [0.2, 0.25) is 0 Å². The number of amides is 1. The zero-order valence-corrected chi connectivity index (χ0v) is 11.5. The molecule has 0 heterocycles. The lowest BCUT2D eigenvalue weighted by molar-refractivity contribution is 0.100. The number of nitrogens with one attached hydrogen (secondary N) is 1. The number of carbonyl (C=O) groups excluding carboxylic acids is 1. The third kappa shape index (κ3) is 2.96. The summed E-state index contributed by atoms with van der Waals surface area (Å²) in [6.45, 7) is 3.95. The summed E-state index contributed by atoms with van der Waals surface area (Å²) in [4.78, 5) is 11.1. The lowest BCUT2D eigenvalue weighted by atomic mass is 10.0. The van der Waals surface area contributed by atoms with E-state index >= 15 is 0 Å². The van der Waals surface area contributed by atoms with Crippen molar-refractivity contribution in [1.29, 1.82) is 0 Å². The minimum atomic E-state index is -0.573. The van der Waals surface area contributed by atoms with Crippen LogP contribution in [0.25, 0.3) is 0 Å². The largest absolute Gasteiger partial charge is 0.376 e. The van der Waals surface area contributed by atoms with E-state index in [-0.39, 0.29) is 17.3 Å². The van der Waals surface area contributed by atoms with Crippen molar-refractivity contribution in [3.8, 4) is 0 Å². The Hall–Kier alpha value is -2.36. The number of hydrogen-bond acceptors (Lipinski definition) is 2. The highest BCUT2D eigenvalue weighted by molar-refractivity contribution is 5.93. The van der Waals surface area contributed by atoms with Gasteiger partial charge in [-0.25, -0.2) is 4.39 Å². The van der Waals surface area contributed by atoms with Crippen molar-refractivity contribution in [2.45, 2.75) is 19.9 Å². The van der Waals surface area contributed by atoms with Gasteiger partial charge in [-0.1, -0.05) is 24.3 Å². The van der Waals surface area contributed by atoms with Crippen LogP contribution in [-0.4, -0.2) is 5.91 Å². The molecule has 4 heteroatoms. The van der Waals surface area contributed by atoms with Gasteiger partial charge < -0.3 is 11.1 Å². The van der Waals surface area contributed by atoms with Crippen LogP contribution in [0.5, 0.6) is 0 Å². The third-order valence-corrected chi connectivity index (χ3v) is 3.28. The van der Waals surface area contributed by atoms with Crippen LogP contribution in [0.1, 0.15) is 34.5 Å². The molecule has 1 amide bonds. The number of aryl methyl sites for hydroxylation is 1. The van der Waals surface area contributed by atoms with Gasteiger partial charge in [0.2, 0.25) is 5.91 Å². The molecule has 2 rings (SSSR count). The molecule has 3 nitrogen and oxygen atoms in total. The highest BCUT2D eigenvalue weighted by atomic mass is 19.1. The highest BCUT2D eigenvalue weighted by Gasteiger charge is 2.12. The van der Waals surface area contributed by atoms with Crippen LogP contribution >= 0.6 is 0 Å². The lowest BCUT2D eigenvalue weighted by Crippen LogP contribution is -2.13. The van der Waals surface area contributed by atoms with Crippen molar-refractivity contribution in [3.63, 3.8) is 0 Å². The van der Waals surface area contributed by atoms with E-state index in [0.717, 1.165) is 11.1 Å². The molecule has 1 atom stereocenters. The van der Waals surface area contributed by atoms with Crippen LogP contribution in [-0.2, 0) is 0 Å². The van der Waals surface area contributed by atoms with Crippen molar-refractivity contribution >= 4 is 11.6 Å². The molecule has 0 aliphatic heterocycles. The predicted octanol–water partition coefficient (Wildman–Crippen LogP) is 3.41. The highest BCUT2D eigenvalue weighted by Crippen LogP contribution is 2.24. The summed E-state index contributed by atoms with van der Waals surface area (Å²) in [7, 11) is 0. The maximum Gasteiger partial charge on any atom is 0.248 e. The Morgan fingerprint density at radius 3 is 2.60 bits per heavy atom. The molecular formula is C16H17FN2O. The Bertz CT molecular complexity index is 640. The summed E-state index contributed by atoms with van der Waals surface area (Å²) in [5.74, 6) is -0.980. The first-order chi connectivity index (χ1) is 9.49. The minimum Gasteiger partial charge on any atom is -0.376 e. The number of primary amides is 1. The SMILES string of the molecule is Cc1ccccc1C(C)Nc1cc(C(N)=O)ccc1F. The Morgan fingerprint density at radius 1 is 1.25 bits per heavy atom. The van der Waals surface area contributed by atoms with E-state index < -0.39 is 11.7 Å². The van der Waals surface area contributed by atoms with E-state index in [1.165, 1.54) is 18.2 Å². The zero-order chi connectivity index (χ0) is 14.7. The summed E-state index contributed by atoms with van der Waals surface area (Å²) >= 11 is 0. The number of nitrogens with two attached hydrogens (primary N) is 1. The smallest absolute Gasteiger partial charge is 0.248 e. The van der Waals surface area contributed by atoms with Crippen LogP contribution in [0.4, 0.5) is 10.1 Å². The number of anilines is 1. The first-order valence-electron chi connectivity index (χ1n) is 6.40. The molecule has 0 aliphatic rings. The molecule has 3 N–H and O–H groups in total. The molecule has 0 aliphatic carbocycles. The first-order valence-corrected chi connectivity index (χ1v) is 6.40. The maximum absolute atomic E-state index is 13.8. The summed E-state index contributed by atoms with van der Waals surface area (Å²) in [5, 5.41) is 3.08. The van der Waals surface area contributed by atoms with Crippen LogP contribution in [0, 0.1) is 12.7 Å². The molecule has 0 aromatic heterocycles. The number of benzene rings is 2. The molecule has 0 spiro atoms. The van der Waals surface area contributed by atoms with Crippen molar-refractivity contribution in [3.05, 3.63) is 65.0 Å². The molecular weight excluding hydrogens is 255 g/mol. The van der Waals surface area contributed by atoms with Gasteiger partial charge in [0, 0.05) is 11.6 Å². The Balaban J connectivity index is 2.28. The number of hydrogen-bond donors (Lipinski definition) is 2. The van der Waals surface area contributed by atoms with Gasteiger partial charge in [0.05, 0.1) is 5.69 Å². The molecule has 0 bridgehead atoms. The molecule has 0 saturated heterocycles. The minimum absolute atomic E-state index is 0.0752. The van der Waals surface area contributed by atoms with Gasteiger partial charge in [0.25, 0.3) is 0 Å². The normalized spacial score (nSPS) is 11.9. The van der Waals surface area contributed by atoms with Gasteiger partial charge in [-0.15, -0.1) is 0 Å². The van der Waals surface area contributed by atoms with Crippen molar-refractivity contribution in [1.82, 2.24) is 0 Å². The van der Waals surface area contributed by atoms with Gasteiger partial charge in [0.1, 0.15) is 5.82 Å². The fourth-order valence-electron chi connectivity index (χ4n) is 2.17. The summed E-state index contributed by atoms with van der Waals surface area (Å²) in [6, 6.07) is 11.9. The molecule has 2 aromatic carbocycles. The van der Waals surface area contributed by atoms with Crippen molar-refractivity contribution < 1.29 is 9.18 Å². The van der Waals surface area contributed by atoms with Gasteiger partial charge in [0.15, 0.2) is 0 Å². The van der Waals surface area contributed by atoms with Crippen LogP contribution in [0.15, 0.2) is 42.5 Å². The molecule has 0 saturated carbocycles. The predicted molar refractivity (Wildman–Crippen MR) is 78.1 cm³/mol. The van der Waals surface area contributed by atoms with E-state index in [0.29, 0.717) is 0 Å². The zero-order valence-electron chi connectivity index (χ0n) is 11.5. The second-order valence-electron chi connectivity index (χ2n) is 4.78. The van der Waals surface area contributed by atoms with Crippen LogP contribution < -0.4 is 11.1 Å². The molecule has 2 aromatic rings. The summed E-state index contributed by atoms with van der Waals surface area (Å²) in [5.41, 5.74) is 7.97. The fraction of sp³-hybridized carbons (Fsp3) is 0.188. The van der Waals surface area contributed by atoms with E-state index in [1.807, 2.05) is 38.1 Å². The van der Waals surface area contributed by atoms with Gasteiger partial charge in [-0.3, -0.25) is 4.79 Å². The maximum atomic E-state index is 13.8. The van der Waals surface area contributed by atoms with E-state index in [4.69, 9.17) is 5.73 Å². The first kappa shape index (κ1) is 14.1. The van der Waals surface area contributed by atoms with Gasteiger partial charge >= 0.3 is 0 Å². The van der Waals surface area contributed by atoms with E-state index in [1.54, 1.807) is 0 Å². The topological polar surface area (TPSA) is 55.1 Å². The number of halogens is 1. The molecule has 0 fully saturated rings. The lowest BCUT2D eigenvalue weighted by Gasteiger charge is -2.18. The number of carbonyl (C=O) groups is 1. The van der Waals surface area contributed by atoms with Crippen molar-refractivity contribution in [2.75, 3.05) is 5.32 Å². The third-order valence-electron chi connectivity index (χ3n) is 3.28. The standard InChI is InChI=1S/C16H17FN2O/c1-10-5-3-4-6-13(10)11(2)19-15-9-12(16(18)20)7-8-14(15)17/h3-9,11,19H,1-2H3,(H2,18,20). The van der Waals surface area contributed by atoms with Gasteiger partial charge in [-0.05, 0) is 43.2 Å². The Labute approximate surface area is 117 Å². The average molecular weight is 272 g/mol. The fourth-order valence-corrected chi connectivity index (χ4v) is 2.17. The number of rotatable bonds is 4. The van der Waals surface area contributed by atoms with Gasteiger partial charge in [-0.2, -0.15) is 0 Å². The Morgan fingerprint density at radius 2 is 1.95 bits per heavy atom. The van der Waals surface area contributed by atoms with Crippen molar-refractivity contribution in [2.24, 2.45) is 5.73 Å². The molecule has 1 unspecified atom stereocenters. The second kappa shape index (κ2) is 5.74.